The van der Waals surface area contributed by atoms with E-state index in [1.54, 1.807) is 4.90 Å². The first-order chi connectivity index (χ1) is 8.03. The zero-order valence-electron chi connectivity index (χ0n) is 10.8. The maximum absolute atomic E-state index is 12.0. The molecule has 0 spiro atoms. The highest BCUT2D eigenvalue weighted by Gasteiger charge is 2.48. The SMILES string of the molecule is CCCNC(=O)CN(CCC)C(=O)C1(N)CC1. The zero-order chi connectivity index (χ0) is 12.9. The predicted octanol–water partition coefficient (Wildman–Crippen LogP) is 0.243. The van der Waals surface area contributed by atoms with E-state index in [1.165, 1.54) is 0 Å². The van der Waals surface area contributed by atoms with Crippen molar-refractivity contribution in [3.63, 3.8) is 0 Å². The molecular weight excluding hydrogens is 218 g/mol. The second kappa shape index (κ2) is 6.00. The Morgan fingerprint density at radius 2 is 1.94 bits per heavy atom. The molecule has 0 aromatic rings. The lowest BCUT2D eigenvalue weighted by Gasteiger charge is -2.24. The second-order valence-electron chi connectivity index (χ2n) is 4.73. The molecule has 1 aliphatic rings. The van der Waals surface area contributed by atoms with E-state index in [1.807, 2.05) is 13.8 Å². The van der Waals surface area contributed by atoms with Crippen LogP contribution in [0.4, 0.5) is 0 Å². The van der Waals surface area contributed by atoms with E-state index in [0.717, 1.165) is 25.7 Å². The number of nitrogens with zero attached hydrogens (tertiary/aromatic N) is 1. The minimum absolute atomic E-state index is 0.0778. The number of hydrogen-bond donors (Lipinski definition) is 2. The number of carbonyl (C=O) groups excluding carboxylic acids is 2. The minimum atomic E-state index is -0.680. The van der Waals surface area contributed by atoms with E-state index < -0.39 is 5.54 Å². The van der Waals surface area contributed by atoms with Crippen LogP contribution in [0.1, 0.15) is 39.5 Å². The summed E-state index contributed by atoms with van der Waals surface area (Å²) in [4.78, 5) is 25.2. The Morgan fingerprint density at radius 3 is 2.41 bits per heavy atom. The van der Waals surface area contributed by atoms with Gasteiger partial charge < -0.3 is 16.0 Å². The number of amides is 2. The van der Waals surface area contributed by atoms with Crippen LogP contribution in [0.5, 0.6) is 0 Å². The van der Waals surface area contributed by atoms with Crippen LogP contribution in [0.2, 0.25) is 0 Å². The predicted molar refractivity (Wildman–Crippen MR) is 66.3 cm³/mol. The third kappa shape index (κ3) is 4.00. The molecule has 17 heavy (non-hydrogen) atoms. The summed E-state index contributed by atoms with van der Waals surface area (Å²) < 4.78 is 0. The van der Waals surface area contributed by atoms with E-state index >= 15 is 0 Å². The summed E-state index contributed by atoms with van der Waals surface area (Å²) in [5.41, 5.74) is 5.19. The van der Waals surface area contributed by atoms with Crippen molar-refractivity contribution in [2.45, 2.75) is 45.1 Å². The van der Waals surface area contributed by atoms with Crippen molar-refractivity contribution >= 4 is 11.8 Å². The van der Waals surface area contributed by atoms with Crippen molar-refractivity contribution in [1.82, 2.24) is 10.2 Å². The zero-order valence-corrected chi connectivity index (χ0v) is 10.8. The molecule has 0 saturated heterocycles. The van der Waals surface area contributed by atoms with Crippen LogP contribution in [0, 0.1) is 0 Å². The van der Waals surface area contributed by atoms with E-state index in [4.69, 9.17) is 5.73 Å². The van der Waals surface area contributed by atoms with E-state index in [0.29, 0.717) is 13.1 Å². The molecule has 1 rings (SSSR count). The molecule has 0 unspecified atom stereocenters. The standard InChI is InChI=1S/C12H23N3O2/c1-3-7-14-10(16)9-15(8-4-2)11(17)12(13)5-6-12/h3-9,13H2,1-2H3,(H,14,16). The summed E-state index contributed by atoms with van der Waals surface area (Å²) >= 11 is 0. The van der Waals surface area contributed by atoms with Gasteiger partial charge >= 0.3 is 0 Å². The topological polar surface area (TPSA) is 75.4 Å². The fourth-order valence-electron chi connectivity index (χ4n) is 1.68. The summed E-state index contributed by atoms with van der Waals surface area (Å²) in [5, 5.41) is 2.77. The molecule has 5 heteroatoms. The molecule has 2 amide bonds. The highest BCUT2D eigenvalue weighted by atomic mass is 16.2. The second-order valence-corrected chi connectivity index (χ2v) is 4.73. The Morgan fingerprint density at radius 1 is 1.29 bits per heavy atom. The maximum Gasteiger partial charge on any atom is 0.243 e. The number of nitrogens with two attached hydrogens (primary N) is 1. The number of carbonyl (C=O) groups is 2. The summed E-state index contributed by atoms with van der Waals surface area (Å²) in [6.45, 7) is 5.36. The van der Waals surface area contributed by atoms with Crippen LogP contribution in [-0.4, -0.2) is 41.9 Å². The number of nitrogens with one attached hydrogen (secondary N) is 1. The van der Waals surface area contributed by atoms with Crippen molar-refractivity contribution < 1.29 is 9.59 Å². The van der Waals surface area contributed by atoms with Gasteiger partial charge in [0.1, 0.15) is 0 Å². The maximum atomic E-state index is 12.0. The van der Waals surface area contributed by atoms with Crippen LogP contribution in [-0.2, 0) is 9.59 Å². The molecule has 1 aliphatic carbocycles. The molecular formula is C12H23N3O2. The van der Waals surface area contributed by atoms with Crippen molar-refractivity contribution in [2.24, 2.45) is 5.73 Å². The first kappa shape index (κ1) is 14.0. The number of hydrogen-bond acceptors (Lipinski definition) is 3. The van der Waals surface area contributed by atoms with Gasteiger partial charge in [0.25, 0.3) is 0 Å². The van der Waals surface area contributed by atoms with Crippen molar-refractivity contribution in [3.8, 4) is 0 Å². The monoisotopic (exact) mass is 241 g/mol. The highest BCUT2D eigenvalue weighted by molar-refractivity contribution is 5.92. The molecule has 0 aliphatic heterocycles. The van der Waals surface area contributed by atoms with Gasteiger partial charge in [-0.1, -0.05) is 13.8 Å². The Balaban J connectivity index is 2.48. The number of rotatable bonds is 7. The van der Waals surface area contributed by atoms with Crippen LogP contribution < -0.4 is 11.1 Å². The summed E-state index contributed by atoms with van der Waals surface area (Å²) in [6.07, 6.45) is 3.21. The Labute approximate surface area is 103 Å². The quantitative estimate of drug-likeness (QED) is 0.670. The minimum Gasteiger partial charge on any atom is -0.355 e. The van der Waals surface area contributed by atoms with Gasteiger partial charge in [-0.15, -0.1) is 0 Å². The molecule has 0 aromatic heterocycles. The molecule has 0 radical (unpaired) electrons. The fourth-order valence-corrected chi connectivity index (χ4v) is 1.68. The Kier molecular flexibility index (Phi) is 4.93. The molecule has 1 fully saturated rings. The molecule has 0 heterocycles. The summed E-state index contributed by atoms with van der Waals surface area (Å²) in [6, 6.07) is 0. The Bertz CT molecular complexity index is 287. The Hall–Kier alpha value is -1.10. The molecule has 98 valence electrons. The third-order valence-electron chi connectivity index (χ3n) is 2.90. The van der Waals surface area contributed by atoms with Gasteiger partial charge in [0, 0.05) is 13.1 Å². The van der Waals surface area contributed by atoms with Gasteiger partial charge in [0.2, 0.25) is 11.8 Å². The van der Waals surface area contributed by atoms with E-state index in [2.05, 4.69) is 5.32 Å². The lowest BCUT2D eigenvalue weighted by molar-refractivity contribution is -0.137. The van der Waals surface area contributed by atoms with Crippen molar-refractivity contribution in [1.29, 1.82) is 0 Å². The molecule has 3 N–H and O–H groups in total. The summed E-state index contributed by atoms with van der Waals surface area (Å²) in [5.74, 6) is -0.177. The summed E-state index contributed by atoms with van der Waals surface area (Å²) in [7, 11) is 0. The third-order valence-corrected chi connectivity index (χ3v) is 2.90. The smallest absolute Gasteiger partial charge is 0.243 e. The van der Waals surface area contributed by atoms with Crippen molar-refractivity contribution in [3.05, 3.63) is 0 Å². The van der Waals surface area contributed by atoms with Gasteiger partial charge in [-0.2, -0.15) is 0 Å². The van der Waals surface area contributed by atoms with Gasteiger partial charge in [0.15, 0.2) is 0 Å². The van der Waals surface area contributed by atoms with E-state index in [-0.39, 0.29) is 18.4 Å². The first-order valence-electron chi connectivity index (χ1n) is 6.38. The van der Waals surface area contributed by atoms with E-state index in [9.17, 15) is 9.59 Å². The largest absolute Gasteiger partial charge is 0.355 e. The first-order valence-corrected chi connectivity index (χ1v) is 6.38. The molecule has 1 saturated carbocycles. The lowest BCUT2D eigenvalue weighted by Crippen LogP contribution is -2.49. The highest BCUT2D eigenvalue weighted by Crippen LogP contribution is 2.34. The fraction of sp³-hybridized carbons (Fsp3) is 0.833. The molecule has 0 aromatic carbocycles. The lowest BCUT2D eigenvalue weighted by atomic mass is 10.2. The van der Waals surface area contributed by atoms with Gasteiger partial charge in [-0.25, -0.2) is 0 Å². The van der Waals surface area contributed by atoms with Gasteiger partial charge in [-0.05, 0) is 25.7 Å². The average molecular weight is 241 g/mol. The van der Waals surface area contributed by atoms with Gasteiger partial charge in [0.05, 0.1) is 12.1 Å². The van der Waals surface area contributed by atoms with Crippen LogP contribution >= 0.6 is 0 Å². The molecule has 0 atom stereocenters. The average Bonchev–Trinajstić information content (AvgIpc) is 3.04. The van der Waals surface area contributed by atoms with Crippen LogP contribution in [0.25, 0.3) is 0 Å². The van der Waals surface area contributed by atoms with Crippen LogP contribution in [0.3, 0.4) is 0 Å². The van der Waals surface area contributed by atoms with Gasteiger partial charge in [-0.3, -0.25) is 9.59 Å². The van der Waals surface area contributed by atoms with Crippen LogP contribution in [0.15, 0.2) is 0 Å². The molecule has 5 nitrogen and oxygen atoms in total. The normalized spacial score (nSPS) is 16.4. The molecule has 0 bridgehead atoms. The van der Waals surface area contributed by atoms with Crippen molar-refractivity contribution in [2.75, 3.05) is 19.6 Å².